The van der Waals surface area contributed by atoms with Crippen LogP contribution in [0.3, 0.4) is 0 Å². The fraction of sp³-hybridized carbons (Fsp3) is 0.0714. The predicted octanol–water partition coefficient (Wildman–Crippen LogP) is 6.49. The maximum Gasteiger partial charge on any atom is 0.196 e. The summed E-state index contributed by atoms with van der Waals surface area (Å²) in [5, 5.41) is 0.926. The van der Waals surface area contributed by atoms with Gasteiger partial charge < -0.3 is 0 Å². The third kappa shape index (κ3) is 2.93. The van der Waals surface area contributed by atoms with Gasteiger partial charge in [0.2, 0.25) is 0 Å². The molecule has 0 saturated heterocycles. The van der Waals surface area contributed by atoms with Crippen LogP contribution in [-0.2, 0) is 0 Å². The maximum absolute atomic E-state index is 12.6. The molecule has 2 aromatic carbocycles. The van der Waals surface area contributed by atoms with Gasteiger partial charge in [0.05, 0.1) is 25.7 Å². The average molecular weight is 368 g/mol. The highest BCUT2D eigenvalue weighted by molar-refractivity contribution is 6.51. The van der Waals surface area contributed by atoms with Gasteiger partial charge in [-0.15, -0.1) is 0 Å². The molecule has 20 heavy (non-hydrogen) atoms. The zero-order valence-electron chi connectivity index (χ0n) is 10.1. The van der Waals surface area contributed by atoms with Crippen molar-refractivity contribution in [1.82, 2.24) is 0 Å². The summed E-state index contributed by atoms with van der Waals surface area (Å²) in [4.78, 5) is 12.6. The first-order chi connectivity index (χ1) is 9.32. The molecule has 2 aromatic rings. The third-order valence-electron chi connectivity index (χ3n) is 2.79. The van der Waals surface area contributed by atoms with Gasteiger partial charge in [0.15, 0.2) is 5.78 Å². The van der Waals surface area contributed by atoms with E-state index in [4.69, 9.17) is 58.0 Å². The second-order valence-electron chi connectivity index (χ2n) is 4.13. The molecular weight excluding hydrogens is 361 g/mol. The summed E-state index contributed by atoms with van der Waals surface area (Å²) in [6.07, 6.45) is 0. The van der Waals surface area contributed by atoms with Crippen LogP contribution < -0.4 is 0 Å². The summed E-state index contributed by atoms with van der Waals surface area (Å²) < 4.78 is 0. The molecule has 1 nitrogen and oxygen atoms in total. The number of hydrogen-bond donors (Lipinski definition) is 0. The number of rotatable bonds is 2. The fourth-order valence-corrected chi connectivity index (χ4v) is 3.00. The Morgan fingerprint density at radius 2 is 1.55 bits per heavy atom. The van der Waals surface area contributed by atoms with Crippen molar-refractivity contribution in [2.24, 2.45) is 0 Å². The average Bonchev–Trinajstić information content (AvgIpc) is 2.39. The highest BCUT2D eigenvalue weighted by atomic mass is 35.5. The van der Waals surface area contributed by atoms with Crippen LogP contribution in [0, 0.1) is 6.92 Å². The van der Waals surface area contributed by atoms with Gasteiger partial charge in [0.25, 0.3) is 0 Å². The predicted molar refractivity (Wildman–Crippen MR) is 86.1 cm³/mol. The van der Waals surface area contributed by atoms with E-state index in [0.717, 1.165) is 5.56 Å². The van der Waals surface area contributed by atoms with Crippen molar-refractivity contribution in [1.29, 1.82) is 0 Å². The summed E-state index contributed by atoms with van der Waals surface area (Å²) >= 11 is 29.9. The Bertz CT molecular complexity index is 709. The van der Waals surface area contributed by atoms with E-state index in [1.54, 1.807) is 25.1 Å². The summed E-state index contributed by atoms with van der Waals surface area (Å²) in [5.41, 5.74) is 1.30. The zero-order chi connectivity index (χ0) is 15.0. The normalized spacial score (nSPS) is 10.7. The SMILES string of the molecule is Cc1ccc(Cl)cc1C(=O)c1c(Cl)cc(Cl)c(Cl)c1Cl. The molecular formula is C14H7Cl5O. The second kappa shape index (κ2) is 6.13. The molecule has 0 unspecified atom stereocenters. The van der Waals surface area contributed by atoms with Gasteiger partial charge in [0, 0.05) is 10.6 Å². The standard InChI is InChI=1S/C14H7Cl5O/c1-6-2-3-7(15)4-8(6)14(20)11-9(16)5-10(17)12(18)13(11)19/h2-5H,1H3. The molecule has 0 bridgehead atoms. The van der Waals surface area contributed by atoms with Crippen molar-refractivity contribution in [3.63, 3.8) is 0 Å². The first kappa shape index (κ1) is 15.9. The smallest absolute Gasteiger partial charge is 0.196 e. The minimum Gasteiger partial charge on any atom is -0.288 e. The lowest BCUT2D eigenvalue weighted by Crippen LogP contribution is -2.06. The molecule has 0 aromatic heterocycles. The number of halogens is 5. The van der Waals surface area contributed by atoms with Crippen molar-refractivity contribution in [2.45, 2.75) is 6.92 Å². The maximum atomic E-state index is 12.6. The van der Waals surface area contributed by atoms with E-state index in [-0.39, 0.29) is 31.4 Å². The van der Waals surface area contributed by atoms with Gasteiger partial charge in [-0.3, -0.25) is 4.79 Å². The first-order valence-electron chi connectivity index (χ1n) is 5.46. The van der Waals surface area contributed by atoms with E-state index >= 15 is 0 Å². The highest BCUT2D eigenvalue weighted by Gasteiger charge is 2.22. The van der Waals surface area contributed by atoms with Crippen LogP contribution in [0.25, 0.3) is 0 Å². The van der Waals surface area contributed by atoms with Gasteiger partial charge >= 0.3 is 0 Å². The highest BCUT2D eigenvalue weighted by Crippen LogP contribution is 2.38. The Morgan fingerprint density at radius 1 is 0.900 bits per heavy atom. The first-order valence-corrected chi connectivity index (χ1v) is 7.35. The van der Waals surface area contributed by atoms with E-state index in [0.29, 0.717) is 10.6 Å². The molecule has 0 aliphatic heterocycles. The lowest BCUT2D eigenvalue weighted by Gasteiger charge is -2.11. The van der Waals surface area contributed by atoms with E-state index < -0.39 is 0 Å². The molecule has 0 heterocycles. The minimum absolute atomic E-state index is 0.0357. The van der Waals surface area contributed by atoms with E-state index in [1.807, 2.05) is 0 Å². The lowest BCUT2D eigenvalue weighted by atomic mass is 9.99. The molecule has 0 radical (unpaired) electrons. The molecule has 0 spiro atoms. The van der Waals surface area contributed by atoms with Crippen molar-refractivity contribution in [3.05, 3.63) is 66.1 Å². The number of carbonyl (C=O) groups excluding carboxylic acids is 1. The summed E-state index contributed by atoms with van der Waals surface area (Å²) in [6, 6.07) is 6.40. The van der Waals surface area contributed by atoms with E-state index in [2.05, 4.69) is 0 Å². The fourth-order valence-electron chi connectivity index (χ4n) is 1.75. The Kier molecular flexibility index (Phi) is 4.88. The van der Waals surface area contributed by atoms with Gasteiger partial charge in [-0.2, -0.15) is 0 Å². The molecule has 0 atom stereocenters. The Morgan fingerprint density at radius 3 is 2.20 bits per heavy atom. The zero-order valence-corrected chi connectivity index (χ0v) is 13.9. The minimum atomic E-state index is -0.349. The van der Waals surface area contributed by atoms with Crippen LogP contribution >= 0.6 is 58.0 Å². The van der Waals surface area contributed by atoms with Gasteiger partial charge in [-0.05, 0) is 30.7 Å². The molecule has 0 N–H and O–H groups in total. The lowest BCUT2D eigenvalue weighted by molar-refractivity contribution is 0.103. The molecule has 0 saturated carbocycles. The largest absolute Gasteiger partial charge is 0.288 e. The van der Waals surface area contributed by atoms with Crippen LogP contribution in [0.2, 0.25) is 25.1 Å². The number of hydrogen-bond acceptors (Lipinski definition) is 1. The monoisotopic (exact) mass is 366 g/mol. The van der Waals surface area contributed by atoms with Crippen LogP contribution in [0.4, 0.5) is 0 Å². The van der Waals surface area contributed by atoms with Gasteiger partial charge in [-0.25, -0.2) is 0 Å². The quantitative estimate of drug-likeness (QED) is 0.336. The number of aryl methyl sites for hydroxylation is 1. The summed E-state index contributed by atoms with van der Waals surface area (Å²) in [6.45, 7) is 1.79. The van der Waals surface area contributed by atoms with Crippen LogP contribution in [0.1, 0.15) is 21.5 Å². The summed E-state index contributed by atoms with van der Waals surface area (Å²) in [7, 11) is 0. The third-order valence-corrected chi connectivity index (χ3v) is 4.58. The molecule has 2 rings (SSSR count). The Labute approximate surface area is 141 Å². The molecule has 0 fully saturated rings. The van der Waals surface area contributed by atoms with Crippen LogP contribution in [-0.4, -0.2) is 5.78 Å². The van der Waals surface area contributed by atoms with Crippen molar-refractivity contribution >= 4 is 63.8 Å². The number of carbonyl (C=O) groups is 1. The van der Waals surface area contributed by atoms with Gasteiger partial charge in [-0.1, -0.05) is 64.1 Å². The van der Waals surface area contributed by atoms with Crippen LogP contribution in [0.15, 0.2) is 24.3 Å². The molecule has 0 amide bonds. The summed E-state index contributed by atoms with van der Waals surface area (Å²) in [5.74, 6) is -0.349. The van der Waals surface area contributed by atoms with E-state index in [9.17, 15) is 4.79 Å². The number of ketones is 1. The Balaban J connectivity index is 2.66. The van der Waals surface area contributed by atoms with Crippen LogP contribution in [0.5, 0.6) is 0 Å². The topological polar surface area (TPSA) is 17.1 Å². The molecule has 0 aliphatic carbocycles. The molecule has 0 aliphatic rings. The van der Waals surface area contributed by atoms with Crippen molar-refractivity contribution in [3.8, 4) is 0 Å². The molecule has 6 heteroatoms. The van der Waals surface area contributed by atoms with Gasteiger partial charge in [0.1, 0.15) is 0 Å². The second-order valence-corrected chi connectivity index (χ2v) is 6.14. The van der Waals surface area contributed by atoms with Crippen molar-refractivity contribution < 1.29 is 4.79 Å². The number of benzene rings is 2. The van der Waals surface area contributed by atoms with E-state index in [1.165, 1.54) is 6.07 Å². The Hall–Kier alpha value is -0.440. The molecule has 104 valence electrons. The van der Waals surface area contributed by atoms with Crippen molar-refractivity contribution in [2.75, 3.05) is 0 Å².